The minimum Gasteiger partial charge on any atom is -0.496 e. The van der Waals surface area contributed by atoms with E-state index >= 15 is 0 Å². The zero-order valence-electron chi connectivity index (χ0n) is 16.5. The predicted molar refractivity (Wildman–Crippen MR) is 105 cm³/mol. The van der Waals surface area contributed by atoms with Gasteiger partial charge in [0.25, 0.3) is 5.91 Å². The maximum Gasteiger partial charge on any atom is 0.272 e. The Morgan fingerprint density at radius 1 is 1.38 bits per heavy atom. The van der Waals surface area contributed by atoms with Crippen molar-refractivity contribution in [2.24, 2.45) is 0 Å². The fourth-order valence-electron chi connectivity index (χ4n) is 3.55. The first-order valence-electron chi connectivity index (χ1n) is 9.65. The summed E-state index contributed by atoms with van der Waals surface area (Å²) in [5, 5.41) is 14.8. The van der Waals surface area contributed by atoms with Gasteiger partial charge in [0.05, 0.1) is 13.2 Å². The van der Waals surface area contributed by atoms with Gasteiger partial charge in [-0.3, -0.25) is 9.48 Å². The van der Waals surface area contributed by atoms with Crippen molar-refractivity contribution >= 4 is 5.91 Å². The molecule has 1 amide bonds. The number of aryl methyl sites for hydroxylation is 1. The van der Waals surface area contributed by atoms with E-state index in [2.05, 4.69) is 25.9 Å². The molecule has 3 heterocycles. The van der Waals surface area contributed by atoms with Gasteiger partial charge in [-0.1, -0.05) is 23.4 Å². The van der Waals surface area contributed by atoms with E-state index in [1.165, 1.54) is 0 Å². The molecule has 9 nitrogen and oxygen atoms in total. The number of nitrogens with one attached hydrogen (secondary N) is 2. The van der Waals surface area contributed by atoms with Crippen molar-refractivity contribution in [2.45, 2.75) is 31.8 Å². The largest absolute Gasteiger partial charge is 0.496 e. The SMILES string of the molecule is COc1ccccc1C(NC(=O)c1ccn(C2CCCNC2)n1)c1noc(C)n1. The molecular weight excluding hydrogens is 372 g/mol. The van der Waals surface area contributed by atoms with Crippen LogP contribution in [0.1, 0.15) is 52.7 Å². The van der Waals surface area contributed by atoms with Crippen LogP contribution in [-0.2, 0) is 0 Å². The van der Waals surface area contributed by atoms with Crippen molar-refractivity contribution in [2.75, 3.05) is 20.2 Å². The molecule has 0 bridgehead atoms. The molecule has 2 N–H and O–H groups in total. The zero-order chi connectivity index (χ0) is 20.2. The topological polar surface area (TPSA) is 107 Å². The van der Waals surface area contributed by atoms with Crippen molar-refractivity contribution in [3.63, 3.8) is 0 Å². The average Bonchev–Trinajstić information content (AvgIpc) is 3.42. The van der Waals surface area contributed by atoms with Gasteiger partial charge in [-0.25, -0.2) is 0 Å². The number of hydrogen-bond donors (Lipinski definition) is 2. The lowest BCUT2D eigenvalue weighted by molar-refractivity contribution is 0.0934. The van der Waals surface area contributed by atoms with Gasteiger partial charge < -0.3 is 19.9 Å². The van der Waals surface area contributed by atoms with Crippen LogP contribution in [-0.4, -0.2) is 46.0 Å². The number of para-hydroxylation sites is 1. The molecule has 0 radical (unpaired) electrons. The monoisotopic (exact) mass is 396 g/mol. The van der Waals surface area contributed by atoms with Gasteiger partial charge in [-0.15, -0.1) is 0 Å². The van der Waals surface area contributed by atoms with E-state index < -0.39 is 6.04 Å². The number of amides is 1. The smallest absolute Gasteiger partial charge is 0.272 e. The highest BCUT2D eigenvalue weighted by Gasteiger charge is 2.26. The molecule has 0 aliphatic carbocycles. The van der Waals surface area contributed by atoms with Gasteiger partial charge in [-0.05, 0) is 31.5 Å². The van der Waals surface area contributed by atoms with E-state index in [9.17, 15) is 4.79 Å². The highest BCUT2D eigenvalue weighted by atomic mass is 16.5. The summed E-state index contributed by atoms with van der Waals surface area (Å²) < 4.78 is 12.5. The second kappa shape index (κ2) is 8.44. The summed E-state index contributed by atoms with van der Waals surface area (Å²) in [5.74, 6) is 1.09. The molecule has 4 rings (SSSR count). The Balaban J connectivity index is 1.59. The molecule has 1 aliphatic heterocycles. The molecular formula is C20H24N6O3. The number of nitrogens with zero attached hydrogens (tertiary/aromatic N) is 4. The first-order chi connectivity index (χ1) is 14.2. The molecule has 2 aromatic heterocycles. The highest BCUT2D eigenvalue weighted by molar-refractivity contribution is 5.92. The molecule has 2 atom stereocenters. The maximum atomic E-state index is 13.0. The molecule has 1 aliphatic rings. The Morgan fingerprint density at radius 2 is 2.24 bits per heavy atom. The Labute approximate surface area is 168 Å². The Hall–Kier alpha value is -3.20. The molecule has 0 spiro atoms. The second-order valence-electron chi connectivity index (χ2n) is 7.00. The number of ether oxygens (including phenoxy) is 1. The Morgan fingerprint density at radius 3 is 2.97 bits per heavy atom. The molecule has 3 aromatic rings. The number of benzene rings is 1. The van der Waals surface area contributed by atoms with Gasteiger partial charge in [0.15, 0.2) is 5.82 Å². The molecule has 9 heteroatoms. The number of carbonyl (C=O) groups is 1. The average molecular weight is 396 g/mol. The molecule has 2 unspecified atom stereocenters. The predicted octanol–water partition coefficient (Wildman–Crippen LogP) is 2.03. The Bertz CT molecular complexity index is 976. The summed E-state index contributed by atoms with van der Waals surface area (Å²) in [7, 11) is 1.58. The van der Waals surface area contributed by atoms with E-state index in [1.54, 1.807) is 20.1 Å². The number of rotatable bonds is 6. The van der Waals surface area contributed by atoms with Crippen LogP contribution in [0.4, 0.5) is 0 Å². The van der Waals surface area contributed by atoms with E-state index in [0.717, 1.165) is 31.5 Å². The molecule has 29 heavy (non-hydrogen) atoms. The third kappa shape index (κ3) is 4.14. The lowest BCUT2D eigenvalue weighted by atomic mass is 10.0. The van der Waals surface area contributed by atoms with Crippen LogP contribution < -0.4 is 15.4 Å². The Kier molecular flexibility index (Phi) is 5.57. The molecule has 152 valence electrons. The summed E-state index contributed by atoms with van der Waals surface area (Å²) in [4.78, 5) is 17.3. The first-order valence-corrected chi connectivity index (χ1v) is 9.65. The maximum absolute atomic E-state index is 13.0. The van der Waals surface area contributed by atoms with E-state index in [0.29, 0.717) is 23.2 Å². The number of methoxy groups -OCH3 is 1. The van der Waals surface area contributed by atoms with Crippen molar-refractivity contribution in [3.8, 4) is 5.75 Å². The molecule has 1 saturated heterocycles. The lowest BCUT2D eigenvalue weighted by Gasteiger charge is -2.23. The van der Waals surface area contributed by atoms with Crippen LogP contribution >= 0.6 is 0 Å². The van der Waals surface area contributed by atoms with Gasteiger partial charge in [-0.2, -0.15) is 10.1 Å². The van der Waals surface area contributed by atoms with Crippen molar-refractivity contribution < 1.29 is 14.1 Å². The standard InChI is InChI=1S/C20H24N6O3/c1-13-22-19(25-29-13)18(15-7-3-4-8-17(15)28-2)23-20(27)16-9-11-26(24-16)14-6-5-10-21-12-14/h3-4,7-9,11,14,18,21H,5-6,10,12H2,1-2H3,(H,23,27). The summed E-state index contributed by atoms with van der Waals surface area (Å²) in [5.41, 5.74) is 1.08. The number of aromatic nitrogens is 4. The van der Waals surface area contributed by atoms with Gasteiger partial charge in [0, 0.05) is 25.2 Å². The van der Waals surface area contributed by atoms with Crippen LogP contribution in [0.15, 0.2) is 41.1 Å². The first kappa shape index (κ1) is 19.1. The fraction of sp³-hybridized carbons (Fsp3) is 0.400. The zero-order valence-corrected chi connectivity index (χ0v) is 16.5. The number of piperidine rings is 1. The number of carbonyl (C=O) groups excluding carboxylic acids is 1. The minimum absolute atomic E-state index is 0.259. The van der Waals surface area contributed by atoms with E-state index in [-0.39, 0.29) is 11.9 Å². The summed E-state index contributed by atoms with van der Waals surface area (Å²) >= 11 is 0. The van der Waals surface area contributed by atoms with Crippen LogP contribution in [0.5, 0.6) is 5.75 Å². The number of hydrogen-bond acceptors (Lipinski definition) is 7. The third-order valence-electron chi connectivity index (χ3n) is 5.01. The van der Waals surface area contributed by atoms with E-state index in [4.69, 9.17) is 9.26 Å². The summed E-state index contributed by atoms with van der Waals surface area (Å²) in [6, 6.07) is 8.78. The third-order valence-corrected chi connectivity index (χ3v) is 5.01. The van der Waals surface area contributed by atoms with Crippen molar-refractivity contribution in [1.29, 1.82) is 0 Å². The van der Waals surface area contributed by atoms with Crippen LogP contribution in [0.2, 0.25) is 0 Å². The highest BCUT2D eigenvalue weighted by Crippen LogP contribution is 2.29. The lowest BCUT2D eigenvalue weighted by Crippen LogP contribution is -2.33. The van der Waals surface area contributed by atoms with Crippen LogP contribution in [0.25, 0.3) is 0 Å². The van der Waals surface area contributed by atoms with Crippen LogP contribution in [0.3, 0.4) is 0 Å². The van der Waals surface area contributed by atoms with Crippen molar-refractivity contribution in [1.82, 2.24) is 30.6 Å². The summed E-state index contributed by atoms with van der Waals surface area (Å²) in [6.45, 7) is 3.59. The summed E-state index contributed by atoms with van der Waals surface area (Å²) in [6.07, 6.45) is 3.99. The quantitative estimate of drug-likeness (QED) is 0.656. The minimum atomic E-state index is -0.627. The molecule has 0 saturated carbocycles. The van der Waals surface area contributed by atoms with Crippen molar-refractivity contribution in [3.05, 3.63) is 59.5 Å². The van der Waals surface area contributed by atoms with Crippen LogP contribution in [0, 0.1) is 6.92 Å². The van der Waals surface area contributed by atoms with Gasteiger partial charge in [0.1, 0.15) is 17.5 Å². The van der Waals surface area contributed by atoms with Gasteiger partial charge >= 0.3 is 0 Å². The molecule has 1 fully saturated rings. The normalized spacial score (nSPS) is 17.7. The fourth-order valence-corrected chi connectivity index (χ4v) is 3.55. The van der Waals surface area contributed by atoms with E-state index in [1.807, 2.05) is 35.1 Å². The second-order valence-corrected chi connectivity index (χ2v) is 7.00. The molecule has 1 aromatic carbocycles. The van der Waals surface area contributed by atoms with Gasteiger partial charge in [0.2, 0.25) is 5.89 Å².